The average Bonchev–Trinajstić information content (AvgIpc) is 3.36. The van der Waals surface area contributed by atoms with Crippen LogP contribution in [0.5, 0.6) is 0 Å². The molecule has 4 aromatic rings. The van der Waals surface area contributed by atoms with Gasteiger partial charge in [-0.25, -0.2) is 9.37 Å². The van der Waals surface area contributed by atoms with Crippen molar-refractivity contribution in [2.75, 3.05) is 0 Å². The number of hydrogen-bond acceptors (Lipinski definition) is 4. The largest absolute Gasteiger partial charge is 0.340 e. The Morgan fingerprint density at radius 1 is 0.970 bits per heavy atom. The Balaban J connectivity index is 1.64. The molecule has 2 aromatic carbocycles. The number of benzene rings is 2. The Hall–Kier alpha value is -3.26. The Kier molecular flexibility index (Phi) is 5.20. The van der Waals surface area contributed by atoms with Crippen LogP contribution in [0.3, 0.4) is 0 Å². The van der Waals surface area contributed by atoms with Gasteiger partial charge >= 0.3 is 0 Å². The highest BCUT2D eigenvalue weighted by Gasteiger charge is 2.23. The van der Waals surface area contributed by atoms with Crippen LogP contribution in [0, 0.1) is 12.7 Å². The zero-order valence-electron chi connectivity index (χ0n) is 18.5. The van der Waals surface area contributed by atoms with Crippen LogP contribution in [0.25, 0.3) is 39.8 Å². The predicted molar refractivity (Wildman–Crippen MR) is 132 cm³/mol. The number of imidazole rings is 1. The summed E-state index contributed by atoms with van der Waals surface area (Å²) in [5.41, 5.74) is 5.73. The van der Waals surface area contributed by atoms with Gasteiger partial charge < -0.3 is 4.98 Å². The molecular weight excluding hydrogens is 437 g/mol. The summed E-state index contributed by atoms with van der Waals surface area (Å²) in [5.74, 6) is 0.662. The van der Waals surface area contributed by atoms with Crippen molar-refractivity contribution in [2.24, 2.45) is 0 Å². The molecule has 5 rings (SSSR count). The number of nitrogens with one attached hydrogen (secondary N) is 1. The van der Waals surface area contributed by atoms with Crippen molar-refractivity contribution in [1.29, 1.82) is 0 Å². The van der Waals surface area contributed by atoms with Gasteiger partial charge in [0, 0.05) is 28.1 Å². The van der Waals surface area contributed by atoms with E-state index in [4.69, 9.17) is 4.98 Å². The van der Waals surface area contributed by atoms with E-state index in [1.165, 1.54) is 11.5 Å². The first kappa shape index (κ1) is 21.6. The van der Waals surface area contributed by atoms with Gasteiger partial charge in [-0.15, -0.1) is 10.6 Å². The number of H-pyrrole nitrogens is 1. The molecule has 0 saturated heterocycles. The summed E-state index contributed by atoms with van der Waals surface area (Å²) in [6.07, 6.45) is 1.67. The second-order valence-electron chi connectivity index (χ2n) is 8.51. The normalized spacial score (nSPS) is 15.1. The molecule has 1 aliphatic heterocycles. The maximum Gasteiger partial charge on any atom is 0.131 e. The van der Waals surface area contributed by atoms with Crippen LogP contribution in [0.4, 0.5) is 4.39 Å². The van der Waals surface area contributed by atoms with Gasteiger partial charge in [-0.3, -0.25) is 14.1 Å². The van der Waals surface area contributed by atoms with E-state index in [1.807, 2.05) is 25.1 Å². The molecule has 2 aromatic heterocycles. The number of hydrogen-bond donors (Lipinski definition) is 3. The zero-order valence-corrected chi connectivity index (χ0v) is 19.3. The van der Waals surface area contributed by atoms with E-state index in [0.717, 1.165) is 28.5 Å². The summed E-state index contributed by atoms with van der Waals surface area (Å²) < 4.78 is 35.2. The molecule has 33 heavy (non-hydrogen) atoms. The molecule has 0 atom stereocenters. The van der Waals surface area contributed by atoms with E-state index in [-0.39, 0.29) is 11.7 Å². The number of pyridine rings is 1. The van der Waals surface area contributed by atoms with Crippen LogP contribution in [0.1, 0.15) is 36.8 Å². The smallest absolute Gasteiger partial charge is 0.131 e. The van der Waals surface area contributed by atoms with Crippen LogP contribution in [-0.2, 0) is 0 Å². The van der Waals surface area contributed by atoms with Crippen molar-refractivity contribution >= 4 is 16.7 Å². The third-order valence-corrected chi connectivity index (χ3v) is 7.27. The fourth-order valence-corrected chi connectivity index (χ4v) is 5.22. The molecule has 7 heteroatoms. The van der Waals surface area contributed by atoms with Crippen LogP contribution in [0.15, 0.2) is 64.9 Å². The van der Waals surface area contributed by atoms with E-state index in [2.05, 4.69) is 23.8 Å². The minimum absolute atomic E-state index is 0.186. The third kappa shape index (κ3) is 3.88. The van der Waals surface area contributed by atoms with E-state index < -0.39 is 10.6 Å². The molecule has 0 unspecified atom stereocenters. The topological polar surface area (TPSA) is 82.0 Å². The maximum atomic E-state index is 14.9. The van der Waals surface area contributed by atoms with E-state index in [9.17, 15) is 13.5 Å². The first-order chi connectivity index (χ1) is 15.7. The first-order valence-electron chi connectivity index (χ1n) is 10.7. The lowest BCUT2D eigenvalue weighted by Gasteiger charge is -2.25. The number of aromatic nitrogens is 3. The van der Waals surface area contributed by atoms with Crippen molar-refractivity contribution in [1.82, 2.24) is 15.0 Å². The van der Waals surface area contributed by atoms with Gasteiger partial charge in [0.15, 0.2) is 0 Å². The molecule has 5 nitrogen and oxygen atoms in total. The second kappa shape index (κ2) is 7.95. The molecular formula is C26H24FN3O2S. The highest BCUT2D eigenvalue weighted by molar-refractivity contribution is 8.27. The van der Waals surface area contributed by atoms with Crippen molar-refractivity contribution in [3.63, 3.8) is 0 Å². The molecule has 1 aliphatic rings. The van der Waals surface area contributed by atoms with Crippen molar-refractivity contribution in [2.45, 2.75) is 31.6 Å². The van der Waals surface area contributed by atoms with Crippen molar-refractivity contribution in [3.8, 4) is 33.8 Å². The first-order valence-corrected chi connectivity index (χ1v) is 12.3. The fraction of sp³-hybridized carbons (Fsp3) is 0.154. The molecule has 168 valence electrons. The second-order valence-corrected chi connectivity index (χ2v) is 10.4. The fourth-order valence-electron chi connectivity index (χ4n) is 4.00. The van der Waals surface area contributed by atoms with E-state index >= 15 is 0 Å². The minimum Gasteiger partial charge on any atom is -0.340 e. The van der Waals surface area contributed by atoms with Crippen LogP contribution in [0.2, 0.25) is 0 Å². The predicted octanol–water partition coefficient (Wildman–Crippen LogP) is 7.47. The van der Waals surface area contributed by atoms with Crippen molar-refractivity contribution in [3.05, 3.63) is 82.9 Å². The lowest BCUT2D eigenvalue weighted by atomic mass is 9.98. The van der Waals surface area contributed by atoms with Gasteiger partial charge in [0.1, 0.15) is 11.6 Å². The molecule has 0 bridgehead atoms. The Bertz CT molecular complexity index is 1410. The maximum absolute atomic E-state index is 14.9. The van der Waals surface area contributed by atoms with E-state index in [0.29, 0.717) is 27.3 Å². The van der Waals surface area contributed by atoms with Gasteiger partial charge in [0.05, 0.1) is 22.0 Å². The molecule has 3 N–H and O–H groups in total. The van der Waals surface area contributed by atoms with Crippen LogP contribution >= 0.6 is 10.6 Å². The Morgan fingerprint density at radius 3 is 2.52 bits per heavy atom. The quantitative estimate of drug-likeness (QED) is 0.294. The van der Waals surface area contributed by atoms with Gasteiger partial charge in [-0.05, 0) is 66.6 Å². The number of rotatable bonds is 4. The number of fused-ring (bicyclic) bond motifs is 1. The summed E-state index contributed by atoms with van der Waals surface area (Å²) in [7, 11) is -2.91. The van der Waals surface area contributed by atoms with E-state index in [1.54, 1.807) is 36.4 Å². The average molecular weight is 462 g/mol. The Morgan fingerprint density at radius 2 is 1.76 bits per heavy atom. The lowest BCUT2D eigenvalue weighted by Crippen LogP contribution is -1.93. The summed E-state index contributed by atoms with van der Waals surface area (Å²) in [6.45, 7) is 6.07. The van der Waals surface area contributed by atoms with Gasteiger partial charge in [-0.2, -0.15) is 0 Å². The van der Waals surface area contributed by atoms with Gasteiger partial charge in [0.2, 0.25) is 0 Å². The number of aryl methyl sites for hydroxylation is 1. The summed E-state index contributed by atoms with van der Waals surface area (Å²) in [5, 5.41) is 1.40. The molecule has 0 radical (unpaired) electrons. The zero-order chi connectivity index (χ0) is 23.3. The summed E-state index contributed by atoms with van der Waals surface area (Å²) >= 11 is 0. The molecule has 0 spiro atoms. The molecule has 0 saturated carbocycles. The number of aromatic amines is 1. The third-order valence-electron chi connectivity index (χ3n) is 5.74. The summed E-state index contributed by atoms with van der Waals surface area (Å²) in [4.78, 5) is 13.4. The number of nitrogens with zero attached hydrogens (tertiary/aromatic N) is 2. The van der Waals surface area contributed by atoms with Crippen LogP contribution in [-0.4, -0.2) is 24.1 Å². The minimum atomic E-state index is -2.91. The number of halogens is 1. The molecule has 3 heterocycles. The van der Waals surface area contributed by atoms with Gasteiger partial charge in [0.25, 0.3) is 0 Å². The molecule has 0 fully saturated rings. The highest BCUT2D eigenvalue weighted by atomic mass is 32.3. The standard InChI is InChI=1S/C26H24FN3O2S/c1-15(2)26-29-24(25(30-26)22-6-4-5-16(3)28-22)19-7-9-21(27)20(14-19)17-8-10-23-18(13-17)11-12-33(23,31)32/h4-15,31-32H,1-3H3,(H,29,30). The summed E-state index contributed by atoms with van der Waals surface area (Å²) in [6, 6.07) is 15.9. The highest BCUT2D eigenvalue weighted by Crippen LogP contribution is 2.56. The van der Waals surface area contributed by atoms with Crippen LogP contribution < -0.4 is 0 Å². The van der Waals surface area contributed by atoms with Crippen molar-refractivity contribution < 1.29 is 13.5 Å². The molecule has 0 aliphatic carbocycles. The lowest BCUT2D eigenvalue weighted by molar-refractivity contribution is 0.501. The Labute approximate surface area is 193 Å². The monoisotopic (exact) mass is 461 g/mol. The molecule has 0 amide bonds. The van der Waals surface area contributed by atoms with Gasteiger partial charge in [-0.1, -0.05) is 26.0 Å². The SMILES string of the molecule is Cc1cccc(-c2[nH]c(C(C)C)nc2-c2ccc(F)c(-c3ccc4c(c3)C=CS4(O)O)c2)n1.